The largest absolute Gasteiger partial charge is 0.493 e. The third-order valence-electron chi connectivity index (χ3n) is 5.88. The van der Waals surface area contributed by atoms with Crippen LogP contribution in [-0.4, -0.2) is 79.4 Å². The first-order chi connectivity index (χ1) is 19.2. The Morgan fingerprint density at radius 1 is 0.525 bits per heavy atom. The minimum atomic E-state index is -1.92. The highest BCUT2D eigenvalue weighted by molar-refractivity contribution is 6.19. The molecule has 0 aliphatic rings. The van der Waals surface area contributed by atoms with E-state index in [1.165, 1.54) is 80.8 Å². The van der Waals surface area contributed by atoms with Crippen LogP contribution in [0, 0.1) is 11.8 Å². The first-order valence-corrected chi connectivity index (χ1v) is 12.2. The van der Waals surface area contributed by atoms with E-state index in [9.17, 15) is 19.2 Å². The number of ketones is 2. The van der Waals surface area contributed by atoms with Gasteiger partial charge in [-0.2, -0.15) is 0 Å². The number of ether oxygens (including phenoxy) is 8. The predicted octanol–water partition coefficient (Wildman–Crippen LogP) is 3.16. The van der Waals surface area contributed by atoms with Crippen LogP contribution in [0.1, 0.15) is 34.6 Å². The van der Waals surface area contributed by atoms with Crippen LogP contribution in [-0.2, 0) is 19.1 Å². The molecule has 12 nitrogen and oxygen atoms in total. The van der Waals surface area contributed by atoms with Crippen LogP contribution in [0.25, 0.3) is 0 Å². The van der Waals surface area contributed by atoms with Crippen molar-refractivity contribution < 1.29 is 57.1 Å². The van der Waals surface area contributed by atoms with E-state index in [0.717, 1.165) is 0 Å². The summed E-state index contributed by atoms with van der Waals surface area (Å²) in [5.74, 6) is -6.97. The number of carbonyl (C=O) groups is 4. The van der Waals surface area contributed by atoms with Gasteiger partial charge >= 0.3 is 11.9 Å². The zero-order valence-corrected chi connectivity index (χ0v) is 23.8. The van der Waals surface area contributed by atoms with Crippen molar-refractivity contribution in [1.29, 1.82) is 0 Å². The van der Waals surface area contributed by atoms with Gasteiger partial charge in [0, 0.05) is 11.1 Å². The Kier molecular flexibility index (Phi) is 11.6. The summed E-state index contributed by atoms with van der Waals surface area (Å²) in [5, 5.41) is 0. The second kappa shape index (κ2) is 14.6. The number of methoxy groups -OCH3 is 6. The summed E-state index contributed by atoms with van der Waals surface area (Å²) in [6, 6.07) is 5.23. The maximum atomic E-state index is 13.9. The van der Waals surface area contributed by atoms with Gasteiger partial charge in [-0.1, -0.05) is 0 Å². The van der Waals surface area contributed by atoms with Crippen molar-refractivity contribution in [1.82, 2.24) is 0 Å². The van der Waals surface area contributed by atoms with Crippen molar-refractivity contribution in [2.75, 3.05) is 55.9 Å². The van der Waals surface area contributed by atoms with Gasteiger partial charge in [-0.05, 0) is 38.1 Å². The summed E-state index contributed by atoms with van der Waals surface area (Å²) in [7, 11) is 8.17. The molecule has 0 aliphatic heterocycles. The molecule has 218 valence electrons. The monoisotopic (exact) mass is 562 g/mol. The Labute approximate surface area is 232 Å². The topological polar surface area (TPSA) is 142 Å². The fourth-order valence-corrected chi connectivity index (χ4v) is 4.06. The lowest BCUT2D eigenvalue weighted by atomic mass is 9.80. The molecule has 0 heterocycles. The van der Waals surface area contributed by atoms with E-state index >= 15 is 0 Å². The lowest BCUT2D eigenvalue weighted by molar-refractivity contribution is -0.156. The van der Waals surface area contributed by atoms with Gasteiger partial charge in [0.15, 0.2) is 34.6 Å². The molecule has 0 amide bonds. The summed E-state index contributed by atoms with van der Waals surface area (Å²) >= 11 is 0. The average Bonchev–Trinajstić information content (AvgIpc) is 2.97. The number of Topliss-reactive ketones (excluding diaryl/α,β-unsaturated/α-hetero) is 2. The SMILES string of the molecule is CCOC(=O)C(C(=O)c1cc(OC)c(OC)c(OC)c1)C(C(=O)OCC)C(=O)c1cc(OC)c(OC)c(OC)c1. The van der Waals surface area contributed by atoms with Crippen molar-refractivity contribution >= 4 is 23.5 Å². The molecule has 0 N–H and O–H groups in total. The highest BCUT2D eigenvalue weighted by Crippen LogP contribution is 2.41. The van der Waals surface area contributed by atoms with E-state index in [1.54, 1.807) is 0 Å². The quantitative estimate of drug-likeness (QED) is 0.179. The molecule has 0 aliphatic carbocycles. The molecule has 0 radical (unpaired) electrons. The summed E-state index contributed by atoms with van der Waals surface area (Å²) < 4.78 is 42.2. The minimum absolute atomic E-state index is 0.0976. The number of hydrogen-bond donors (Lipinski definition) is 0. The standard InChI is InChI=1S/C28H34O12/c1-9-39-27(31)21(23(29)15-11-17(33-3)25(37-7)18(12-15)34-4)22(28(32)40-10-2)24(30)16-13-19(35-5)26(38-8)20(14-16)36-6/h11-14,21-22H,9-10H2,1-8H3. The maximum absolute atomic E-state index is 13.9. The first kappa shape index (κ1) is 31.7. The highest BCUT2D eigenvalue weighted by atomic mass is 16.5. The molecule has 0 saturated carbocycles. The van der Waals surface area contributed by atoms with Crippen molar-refractivity contribution in [2.45, 2.75) is 13.8 Å². The average molecular weight is 563 g/mol. The van der Waals surface area contributed by atoms with Crippen molar-refractivity contribution in [3.05, 3.63) is 35.4 Å². The zero-order valence-electron chi connectivity index (χ0n) is 23.8. The third kappa shape index (κ3) is 6.56. The fraction of sp³-hybridized carbons (Fsp3) is 0.429. The normalized spacial score (nSPS) is 11.9. The highest BCUT2D eigenvalue weighted by Gasteiger charge is 2.47. The van der Waals surface area contributed by atoms with Crippen LogP contribution in [0.3, 0.4) is 0 Å². The van der Waals surface area contributed by atoms with Gasteiger partial charge in [-0.15, -0.1) is 0 Å². The smallest absolute Gasteiger partial charge is 0.318 e. The Morgan fingerprint density at radius 2 is 0.800 bits per heavy atom. The molecule has 0 aromatic heterocycles. The molecule has 0 saturated heterocycles. The Bertz CT molecular complexity index is 1090. The second-order valence-corrected chi connectivity index (χ2v) is 8.02. The summed E-state index contributed by atoms with van der Waals surface area (Å²) in [6.45, 7) is 2.82. The number of hydrogen-bond acceptors (Lipinski definition) is 12. The van der Waals surface area contributed by atoms with Crippen LogP contribution >= 0.6 is 0 Å². The number of esters is 2. The molecule has 40 heavy (non-hydrogen) atoms. The second-order valence-electron chi connectivity index (χ2n) is 8.02. The lowest BCUT2D eigenvalue weighted by Crippen LogP contribution is -2.42. The van der Waals surface area contributed by atoms with E-state index in [4.69, 9.17) is 37.9 Å². The molecule has 2 aromatic rings. The van der Waals surface area contributed by atoms with Gasteiger partial charge < -0.3 is 37.9 Å². The Balaban J connectivity index is 2.80. The van der Waals surface area contributed by atoms with Gasteiger partial charge in [0.05, 0.1) is 55.9 Å². The van der Waals surface area contributed by atoms with Crippen molar-refractivity contribution in [3.8, 4) is 34.5 Å². The third-order valence-corrected chi connectivity index (χ3v) is 5.88. The van der Waals surface area contributed by atoms with Gasteiger partial charge in [-0.25, -0.2) is 0 Å². The van der Waals surface area contributed by atoms with Gasteiger partial charge in [-0.3, -0.25) is 19.2 Å². The van der Waals surface area contributed by atoms with Gasteiger partial charge in [0.2, 0.25) is 11.5 Å². The van der Waals surface area contributed by atoms with Gasteiger partial charge in [0.25, 0.3) is 0 Å². The minimum Gasteiger partial charge on any atom is -0.493 e. The van der Waals surface area contributed by atoms with E-state index < -0.39 is 35.3 Å². The number of carbonyl (C=O) groups excluding carboxylic acids is 4. The molecule has 2 atom stereocenters. The summed E-state index contributed by atoms with van der Waals surface area (Å²) in [5.41, 5.74) is -0.195. The molecule has 0 bridgehead atoms. The van der Waals surface area contributed by atoms with Crippen LogP contribution in [0.15, 0.2) is 24.3 Å². The number of rotatable bonds is 15. The fourth-order valence-electron chi connectivity index (χ4n) is 4.06. The van der Waals surface area contributed by atoms with E-state index in [-0.39, 0.29) is 58.8 Å². The van der Waals surface area contributed by atoms with Crippen LogP contribution in [0.5, 0.6) is 34.5 Å². The van der Waals surface area contributed by atoms with Crippen molar-refractivity contribution in [2.24, 2.45) is 11.8 Å². The molecule has 0 spiro atoms. The lowest BCUT2D eigenvalue weighted by Gasteiger charge is -2.24. The van der Waals surface area contributed by atoms with Crippen LogP contribution < -0.4 is 28.4 Å². The molecular weight excluding hydrogens is 528 g/mol. The maximum Gasteiger partial charge on any atom is 0.318 e. The molecule has 2 unspecified atom stereocenters. The first-order valence-electron chi connectivity index (χ1n) is 12.2. The molecule has 2 rings (SSSR count). The summed E-state index contributed by atoms with van der Waals surface area (Å²) in [6.07, 6.45) is 0. The molecule has 12 heteroatoms. The molecule has 0 fully saturated rings. The summed E-state index contributed by atoms with van der Waals surface area (Å²) in [4.78, 5) is 54.4. The van der Waals surface area contributed by atoms with Crippen LogP contribution in [0.4, 0.5) is 0 Å². The molecular formula is C28H34O12. The zero-order chi connectivity index (χ0) is 30.0. The Morgan fingerprint density at radius 3 is 1.00 bits per heavy atom. The van der Waals surface area contributed by atoms with E-state index in [0.29, 0.717) is 0 Å². The molecule has 2 aromatic carbocycles. The van der Waals surface area contributed by atoms with Crippen molar-refractivity contribution in [3.63, 3.8) is 0 Å². The van der Waals surface area contributed by atoms with Crippen LogP contribution in [0.2, 0.25) is 0 Å². The van der Waals surface area contributed by atoms with E-state index in [1.807, 2.05) is 0 Å². The van der Waals surface area contributed by atoms with E-state index in [2.05, 4.69) is 0 Å². The Hall–Kier alpha value is -4.48. The number of benzene rings is 2. The van der Waals surface area contributed by atoms with Gasteiger partial charge in [0.1, 0.15) is 11.8 Å². The predicted molar refractivity (Wildman–Crippen MR) is 141 cm³/mol.